The lowest BCUT2D eigenvalue weighted by Gasteiger charge is -2.18. The molecule has 0 saturated carbocycles. The van der Waals surface area contributed by atoms with E-state index in [1.165, 1.54) is 11.3 Å². The Labute approximate surface area is 130 Å². The molecule has 1 N–H and O–H groups in total. The third-order valence-corrected chi connectivity index (χ3v) is 4.49. The summed E-state index contributed by atoms with van der Waals surface area (Å²) in [5.41, 5.74) is 1.47. The van der Waals surface area contributed by atoms with E-state index in [9.17, 15) is 4.79 Å². The maximum Gasteiger partial charge on any atom is 0.252 e. The maximum absolute atomic E-state index is 12.1. The Morgan fingerprint density at radius 2 is 2.41 bits per heavy atom. The molecule has 7 nitrogen and oxygen atoms in total. The second-order valence-corrected chi connectivity index (χ2v) is 6.01. The van der Waals surface area contributed by atoms with Gasteiger partial charge >= 0.3 is 0 Å². The molecule has 1 saturated heterocycles. The van der Waals surface area contributed by atoms with Gasteiger partial charge in [-0.3, -0.25) is 9.20 Å². The summed E-state index contributed by atoms with van der Waals surface area (Å²) in [6.07, 6.45) is 6.12. The molecule has 0 spiro atoms. The lowest BCUT2D eigenvalue weighted by molar-refractivity contribution is 0.0941. The number of carbonyl (C=O) groups excluding carboxylic acids is 1. The highest BCUT2D eigenvalue weighted by Gasteiger charge is 2.27. The summed E-state index contributed by atoms with van der Waals surface area (Å²) in [5, 5.41) is 14.9. The molecule has 22 heavy (non-hydrogen) atoms. The molecule has 0 aliphatic carbocycles. The topological polar surface area (TPSA) is 75.4 Å². The molecule has 8 heteroatoms. The number of thiophene rings is 1. The number of carbonyl (C=O) groups is 1. The molecule has 3 aromatic rings. The average Bonchev–Trinajstić information content (AvgIpc) is 3.27. The van der Waals surface area contributed by atoms with Gasteiger partial charge in [-0.15, -0.1) is 10.2 Å². The highest BCUT2D eigenvalue weighted by Crippen LogP contribution is 2.21. The number of hydrogen-bond donors (Lipinski definition) is 1. The molecular weight excluding hydrogens is 300 g/mol. The van der Waals surface area contributed by atoms with Gasteiger partial charge in [-0.05, 0) is 17.9 Å². The summed E-state index contributed by atoms with van der Waals surface area (Å²) >= 11 is 1.53. The van der Waals surface area contributed by atoms with Crippen LogP contribution in [0.25, 0.3) is 5.65 Å². The molecule has 1 atom stereocenters. The highest BCUT2D eigenvalue weighted by molar-refractivity contribution is 7.08. The summed E-state index contributed by atoms with van der Waals surface area (Å²) in [6.45, 7) is 1.57. The number of aromatic nitrogens is 4. The van der Waals surface area contributed by atoms with E-state index in [2.05, 4.69) is 25.4 Å². The van der Waals surface area contributed by atoms with Crippen molar-refractivity contribution in [2.75, 3.05) is 18.0 Å². The van der Waals surface area contributed by atoms with Crippen LogP contribution in [0.5, 0.6) is 0 Å². The number of amides is 1. The third-order valence-electron chi connectivity index (χ3n) is 3.80. The third kappa shape index (κ3) is 2.31. The van der Waals surface area contributed by atoms with Crippen molar-refractivity contribution in [1.29, 1.82) is 0 Å². The highest BCUT2D eigenvalue weighted by atomic mass is 32.1. The average molecular weight is 314 g/mol. The van der Waals surface area contributed by atoms with Crippen LogP contribution in [-0.4, -0.2) is 44.6 Å². The van der Waals surface area contributed by atoms with Gasteiger partial charge in [0.1, 0.15) is 6.33 Å². The van der Waals surface area contributed by atoms with Crippen LogP contribution in [0, 0.1) is 0 Å². The fourth-order valence-electron chi connectivity index (χ4n) is 2.70. The van der Waals surface area contributed by atoms with Crippen LogP contribution < -0.4 is 10.2 Å². The molecule has 0 bridgehead atoms. The standard InChI is InChI=1S/C14H14N6OS/c21-14(10-2-6-22-8-10)17-11-1-4-19(7-11)12-13-18-16-9-20(13)5-3-15-12/h2-3,5-6,8-9,11H,1,4,7H2,(H,17,21). The first-order chi connectivity index (χ1) is 10.8. The van der Waals surface area contributed by atoms with Gasteiger partial charge < -0.3 is 10.2 Å². The molecule has 1 fully saturated rings. The van der Waals surface area contributed by atoms with Crippen LogP contribution in [0.2, 0.25) is 0 Å². The lowest BCUT2D eigenvalue weighted by atomic mass is 10.2. The van der Waals surface area contributed by atoms with E-state index in [1.54, 1.807) is 12.5 Å². The number of nitrogens with one attached hydrogen (secondary N) is 1. The summed E-state index contributed by atoms with van der Waals surface area (Å²) in [5.74, 6) is 0.800. The van der Waals surface area contributed by atoms with Gasteiger partial charge in [-0.25, -0.2) is 4.98 Å². The molecular formula is C14H14N6OS. The second kappa shape index (κ2) is 5.38. The van der Waals surface area contributed by atoms with Gasteiger partial charge in [-0.1, -0.05) is 0 Å². The van der Waals surface area contributed by atoms with E-state index in [4.69, 9.17) is 0 Å². The predicted octanol–water partition coefficient (Wildman–Crippen LogP) is 1.19. The molecule has 1 unspecified atom stereocenters. The van der Waals surface area contributed by atoms with Crippen molar-refractivity contribution in [1.82, 2.24) is 24.9 Å². The number of nitrogens with zero attached hydrogens (tertiary/aromatic N) is 5. The molecule has 0 radical (unpaired) electrons. The zero-order valence-corrected chi connectivity index (χ0v) is 12.5. The van der Waals surface area contributed by atoms with E-state index < -0.39 is 0 Å². The van der Waals surface area contributed by atoms with Crippen LogP contribution in [0.1, 0.15) is 16.8 Å². The monoisotopic (exact) mass is 314 g/mol. The van der Waals surface area contributed by atoms with Gasteiger partial charge in [0.25, 0.3) is 5.91 Å². The fraction of sp³-hybridized carbons (Fsp3) is 0.286. The van der Waals surface area contributed by atoms with E-state index in [0.29, 0.717) is 0 Å². The van der Waals surface area contributed by atoms with E-state index in [0.717, 1.165) is 36.5 Å². The summed E-state index contributed by atoms with van der Waals surface area (Å²) in [4.78, 5) is 18.7. The van der Waals surface area contributed by atoms with Crippen LogP contribution in [0.4, 0.5) is 5.82 Å². The van der Waals surface area contributed by atoms with E-state index in [1.807, 2.05) is 27.4 Å². The largest absolute Gasteiger partial charge is 0.351 e. The number of fused-ring (bicyclic) bond motifs is 1. The molecule has 1 amide bonds. The van der Waals surface area contributed by atoms with Crippen molar-refractivity contribution < 1.29 is 4.79 Å². The van der Waals surface area contributed by atoms with Crippen molar-refractivity contribution in [3.05, 3.63) is 41.1 Å². The van der Waals surface area contributed by atoms with Crippen molar-refractivity contribution in [2.24, 2.45) is 0 Å². The Bertz CT molecular complexity index is 799. The van der Waals surface area contributed by atoms with Crippen molar-refractivity contribution >= 4 is 28.7 Å². The van der Waals surface area contributed by atoms with Crippen LogP contribution >= 0.6 is 11.3 Å². The number of anilines is 1. The summed E-state index contributed by atoms with van der Waals surface area (Å²) < 4.78 is 1.85. The smallest absolute Gasteiger partial charge is 0.252 e. The van der Waals surface area contributed by atoms with Gasteiger partial charge in [0.15, 0.2) is 5.82 Å². The van der Waals surface area contributed by atoms with Crippen molar-refractivity contribution in [2.45, 2.75) is 12.5 Å². The Kier molecular flexibility index (Phi) is 3.23. The molecule has 112 valence electrons. The molecule has 3 aromatic heterocycles. The SMILES string of the molecule is O=C(NC1CCN(c2nccn3cnnc23)C1)c1ccsc1. The molecule has 4 heterocycles. The minimum atomic E-state index is -0.0123. The van der Waals surface area contributed by atoms with Crippen molar-refractivity contribution in [3.63, 3.8) is 0 Å². The maximum atomic E-state index is 12.1. The van der Waals surface area contributed by atoms with Gasteiger partial charge in [0.05, 0.1) is 0 Å². The number of hydrogen-bond acceptors (Lipinski definition) is 6. The minimum absolute atomic E-state index is 0.0123. The molecule has 1 aliphatic rings. The predicted molar refractivity (Wildman–Crippen MR) is 83.2 cm³/mol. The van der Waals surface area contributed by atoms with Gasteiger partial charge in [-0.2, -0.15) is 11.3 Å². The number of rotatable bonds is 3. The van der Waals surface area contributed by atoms with E-state index >= 15 is 0 Å². The van der Waals surface area contributed by atoms with E-state index in [-0.39, 0.29) is 11.9 Å². The van der Waals surface area contributed by atoms with Crippen LogP contribution in [0.3, 0.4) is 0 Å². The zero-order valence-electron chi connectivity index (χ0n) is 11.7. The van der Waals surface area contributed by atoms with Gasteiger partial charge in [0.2, 0.25) is 5.65 Å². The quantitative estimate of drug-likeness (QED) is 0.786. The summed E-state index contributed by atoms with van der Waals surface area (Å²) in [7, 11) is 0. The Morgan fingerprint density at radius 3 is 3.27 bits per heavy atom. The second-order valence-electron chi connectivity index (χ2n) is 5.23. The Hall–Kier alpha value is -2.48. The first-order valence-electron chi connectivity index (χ1n) is 7.03. The zero-order chi connectivity index (χ0) is 14.9. The first-order valence-corrected chi connectivity index (χ1v) is 7.98. The lowest BCUT2D eigenvalue weighted by Crippen LogP contribution is -2.37. The molecule has 4 rings (SSSR count). The normalized spacial score (nSPS) is 18.0. The van der Waals surface area contributed by atoms with Crippen LogP contribution in [-0.2, 0) is 0 Å². The minimum Gasteiger partial charge on any atom is -0.351 e. The molecule has 1 aliphatic heterocycles. The first kappa shape index (κ1) is 13.2. The van der Waals surface area contributed by atoms with Crippen molar-refractivity contribution in [3.8, 4) is 0 Å². The van der Waals surface area contributed by atoms with Gasteiger partial charge in [0, 0.05) is 42.5 Å². The Balaban J connectivity index is 1.48. The molecule has 0 aromatic carbocycles. The Morgan fingerprint density at radius 1 is 1.45 bits per heavy atom. The van der Waals surface area contributed by atoms with Crippen LogP contribution in [0.15, 0.2) is 35.5 Å². The summed E-state index contributed by atoms with van der Waals surface area (Å²) in [6, 6.07) is 1.96. The fourth-order valence-corrected chi connectivity index (χ4v) is 3.34.